The van der Waals surface area contributed by atoms with Crippen molar-refractivity contribution in [1.29, 1.82) is 0 Å². The van der Waals surface area contributed by atoms with Gasteiger partial charge in [0.1, 0.15) is 0 Å². The van der Waals surface area contributed by atoms with E-state index in [-0.39, 0.29) is 6.61 Å². The summed E-state index contributed by atoms with van der Waals surface area (Å²) in [6, 6.07) is 7.53. The summed E-state index contributed by atoms with van der Waals surface area (Å²) in [5.74, 6) is 0. The molecule has 1 aromatic rings. The van der Waals surface area contributed by atoms with Crippen LogP contribution in [0.4, 0.5) is 0 Å². The van der Waals surface area contributed by atoms with Crippen LogP contribution in [0.1, 0.15) is 31.2 Å². The lowest BCUT2D eigenvalue weighted by atomic mass is 10.2. The van der Waals surface area contributed by atoms with Crippen molar-refractivity contribution >= 4 is 11.6 Å². The summed E-state index contributed by atoms with van der Waals surface area (Å²) in [5.41, 5.74) is 3.76. The number of aliphatic hydroxyl groups excluding tert-OH is 1. The highest BCUT2D eigenvalue weighted by atomic mass is 35.5. The summed E-state index contributed by atoms with van der Waals surface area (Å²) in [6.07, 6.45) is 4.38. The molecular weight excluding hydrogens is 278 g/mol. The van der Waals surface area contributed by atoms with Crippen LogP contribution >= 0.6 is 11.6 Å². The van der Waals surface area contributed by atoms with E-state index in [0.717, 1.165) is 18.4 Å². The van der Waals surface area contributed by atoms with Gasteiger partial charge in [-0.3, -0.25) is 4.84 Å². The second-order valence-electron chi connectivity index (χ2n) is 5.13. The maximum absolute atomic E-state index is 9.77. The van der Waals surface area contributed by atoms with Crippen molar-refractivity contribution in [2.75, 3.05) is 13.2 Å². The van der Waals surface area contributed by atoms with Crippen molar-refractivity contribution in [1.82, 2.24) is 5.48 Å². The van der Waals surface area contributed by atoms with E-state index in [9.17, 15) is 5.11 Å². The summed E-state index contributed by atoms with van der Waals surface area (Å²) in [5, 5.41) is 10.5. The number of nitrogens with one attached hydrogen (secondary N) is 1. The summed E-state index contributed by atoms with van der Waals surface area (Å²) in [4.78, 5) is 5.47. The molecule has 0 saturated heterocycles. The molecule has 0 aliphatic heterocycles. The lowest BCUT2D eigenvalue weighted by Gasteiger charge is -2.15. The number of benzene rings is 1. The van der Waals surface area contributed by atoms with E-state index in [1.165, 1.54) is 12.8 Å². The lowest BCUT2D eigenvalue weighted by molar-refractivity contribution is -0.0511. The molecule has 2 rings (SSSR count). The minimum absolute atomic E-state index is 0.256. The molecule has 1 saturated carbocycles. The zero-order chi connectivity index (χ0) is 14.2. The Balaban J connectivity index is 1.55. The van der Waals surface area contributed by atoms with Crippen molar-refractivity contribution in [2.24, 2.45) is 0 Å². The predicted molar refractivity (Wildman–Crippen MR) is 78.5 cm³/mol. The fraction of sp³-hybridized carbons (Fsp3) is 0.600. The Morgan fingerprint density at radius 2 is 2.05 bits per heavy atom. The minimum atomic E-state index is -0.584. The summed E-state index contributed by atoms with van der Waals surface area (Å²) in [6.45, 7) is 1.03. The fourth-order valence-corrected chi connectivity index (χ4v) is 2.44. The molecule has 112 valence electrons. The first-order valence-corrected chi connectivity index (χ1v) is 7.51. The van der Waals surface area contributed by atoms with Crippen molar-refractivity contribution in [3.63, 3.8) is 0 Å². The van der Waals surface area contributed by atoms with Crippen LogP contribution in [0.5, 0.6) is 0 Å². The van der Waals surface area contributed by atoms with Crippen molar-refractivity contribution in [3.8, 4) is 0 Å². The Morgan fingerprint density at radius 1 is 1.30 bits per heavy atom. The molecule has 0 aromatic heterocycles. The maximum atomic E-state index is 9.77. The van der Waals surface area contributed by atoms with Crippen molar-refractivity contribution < 1.29 is 14.7 Å². The van der Waals surface area contributed by atoms with Crippen LogP contribution in [0.25, 0.3) is 0 Å². The first-order chi connectivity index (χ1) is 9.75. The number of rotatable bonds is 8. The van der Waals surface area contributed by atoms with Gasteiger partial charge in [0.2, 0.25) is 0 Å². The van der Waals surface area contributed by atoms with Crippen LogP contribution in [0.3, 0.4) is 0 Å². The molecule has 1 aliphatic rings. The lowest BCUT2D eigenvalue weighted by Crippen LogP contribution is -2.32. The van der Waals surface area contributed by atoms with Crippen LogP contribution in [0.2, 0.25) is 5.02 Å². The number of halogens is 1. The third-order valence-corrected chi connectivity index (χ3v) is 3.77. The Bertz CT molecular complexity index is 396. The van der Waals surface area contributed by atoms with Gasteiger partial charge in [0, 0.05) is 11.6 Å². The molecule has 2 N–H and O–H groups in total. The SMILES string of the molecule is OC(CNOC1CCCC1)COCc1ccccc1Cl. The zero-order valence-electron chi connectivity index (χ0n) is 11.6. The van der Waals surface area contributed by atoms with Gasteiger partial charge in [0.15, 0.2) is 0 Å². The molecular formula is C15H22ClNO3. The molecule has 1 fully saturated rings. The normalized spacial score (nSPS) is 17.5. The van der Waals surface area contributed by atoms with E-state index in [1.54, 1.807) is 0 Å². The molecule has 20 heavy (non-hydrogen) atoms. The van der Waals surface area contributed by atoms with E-state index < -0.39 is 6.10 Å². The average molecular weight is 300 g/mol. The summed E-state index contributed by atoms with van der Waals surface area (Å²) >= 11 is 6.02. The van der Waals surface area contributed by atoms with Gasteiger partial charge in [0.05, 0.1) is 25.4 Å². The highest BCUT2D eigenvalue weighted by molar-refractivity contribution is 6.31. The van der Waals surface area contributed by atoms with E-state index in [1.807, 2.05) is 24.3 Å². The molecule has 5 heteroatoms. The van der Waals surface area contributed by atoms with Gasteiger partial charge in [0.25, 0.3) is 0 Å². The van der Waals surface area contributed by atoms with Crippen molar-refractivity contribution in [2.45, 2.75) is 44.5 Å². The second-order valence-corrected chi connectivity index (χ2v) is 5.54. The van der Waals surface area contributed by atoms with Gasteiger partial charge in [-0.1, -0.05) is 42.6 Å². The van der Waals surface area contributed by atoms with Gasteiger partial charge in [-0.05, 0) is 24.5 Å². The maximum Gasteiger partial charge on any atom is 0.0921 e. The summed E-state index contributed by atoms with van der Waals surface area (Å²) < 4.78 is 5.45. The Kier molecular flexibility index (Phi) is 6.76. The average Bonchev–Trinajstić information content (AvgIpc) is 2.94. The molecule has 0 bridgehead atoms. The van der Waals surface area contributed by atoms with Gasteiger partial charge < -0.3 is 9.84 Å². The molecule has 1 aliphatic carbocycles. The monoisotopic (exact) mass is 299 g/mol. The number of hydrogen-bond acceptors (Lipinski definition) is 4. The van der Waals surface area contributed by atoms with Crippen LogP contribution in [-0.2, 0) is 16.2 Å². The highest BCUT2D eigenvalue weighted by Gasteiger charge is 2.16. The quantitative estimate of drug-likeness (QED) is 0.725. The molecule has 1 atom stereocenters. The predicted octanol–water partition coefficient (Wildman–Crippen LogP) is 2.68. The standard InChI is InChI=1S/C15H22ClNO3/c16-15-8-4-1-5-12(15)10-19-11-13(18)9-17-20-14-6-2-3-7-14/h1,4-5,8,13-14,17-18H,2-3,6-7,9-11H2. The topological polar surface area (TPSA) is 50.7 Å². The molecule has 1 aromatic carbocycles. The van der Waals surface area contributed by atoms with E-state index in [0.29, 0.717) is 24.3 Å². The first-order valence-electron chi connectivity index (χ1n) is 7.13. The Labute approximate surface area is 125 Å². The first kappa shape index (κ1) is 15.7. The second kappa shape index (κ2) is 8.60. The molecule has 0 radical (unpaired) electrons. The zero-order valence-corrected chi connectivity index (χ0v) is 12.3. The number of aliphatic hydroxyl groups is 1. The minimum Gasteiger partial charge on any atom is -0.389 e. The van der Waals surface area contributed by atoms with Gasteiger partial charge >= 0.3 is 0 Å². The molecule has 4 nitrogen and oxygen atoms in total. The van der Waals surface area contributed by atoms with Gasteiger partial charge in [-0.25, -0.2) is 0 Å². The molecule has 0 heterocycles. The third kappa shape index (κ3) is 5.38. The molecule has 0 spiro atoms. The highest BCUT2D eigenvalue weighted by Crippen LogP contribution is 2.19. The third-order valence-electron chi connectivity index (χ3n) is 3.40. The van der Waals surface area contributed by atoms with Crippen molar-refractivity contribution in [3.05, 3.63) is 34.9 Å². The van der Waals surface area contributed by atoms with E-state index >= 15 is 0 Å². The van der Waals surface area contributed by atoms with E-state index in [4.69, 9.17) is 21.2 Å². The Morgan fingerprint density at radius 3 is 2.80 bits per heavy atom. The smallest absolute Gasteiger partial charge is 0.0921 e. The van der Waals surface area contributed by atoms with Gasteiger partial charge in [-0.2, -0.15) is 5.48 Å². The number of hydroxylamine groups is 1. The summed E-state index contributed by atoms with van der Waals surface area (Å²) in [7, 11) is 0. The molecule has 1 unspecified atom stereocenters. The molecule has 0 amide bonds. The fourth-order valence-electron chi connectivity index (χ4n) is 2.25. The van der Waals surface area contributed by atoms with Crippen LogP contribution < -0.4 is 5.48 Å². The number of hydrogen-bond donors (Lipinski definition) is 2. The Hall–Kier alpha value is -0.650. The van der Waals surface area contributed by atoms with Crippen LogP contribution in [0, 0.1) is 0 Å². The number of ether oxygens (including phenoxy) is 1. The van der Waals surface area contributed by atoms with Crippen LogP contribution in [-0.4, -0.2) is 30.5 Å². The largest absolute Gasteiger partial charge is 0.389 e. The van der Waals surface area contributed by atoms with E-state index in [2.05, 4.69) is 5.48 Å². The van der Waals surface area contributed by atoms with Gasteiger partial charge in [-0.15, -0.1) is 0 Å². The van der Waals surface area contributed by atoms with Crippen LogP contribution in [0.15, 0.2) is 24.3 Å².